The molecule has 114 valence electrons. The molecule has 0 unspecified atom stereocenters. The molecule has 0 aliphatic heterocycles. The second-order valence-corrected chi connectivity index (χ2v) is 6.59. The summed E-state index contributed by atoms with van der Waals surface area (Å²) in [5.74, 6) is 0.508. The maximum Gasteiger partial charge on any atom is 0.0117 e. The summed E-state index contributed by atoms with van der Waals surface area (Å²) < 4.78 is 0. The lowest BCUT2D eigenvalue weighted by molar-refractivity contribution is 0.254. The van der Waals surface area contributed by atoms with E-state index < -0.39 is 0 Å². The minimum atomic E-state index is 0.0329. The summed E-state index contributed by atoms with van der Waals surface area (Å²) in [6.07, 6.45) is 1.09. The van der Waals surface area contributed by atoms with Crippen molar-refractivity contribution in [1.82, 2.24) is 4.90 Å². The molecule has 2 N–H and O–H groups in total. The van der Waals surface area contributed by atoms with Crippen molar-refractivity contribution >= 4 is 10.8 Å². The fourth-order valence-corrected chi connectivity index (χ4v) is 3.26. The first-order chi connectivity index (χ1) is 10.0. The van der Waals surface area contributed by atoms with Crippen LogP contribution in [0.25, 0.3) is 10.8 Å². The summed E-state index contributed by atoms with van der Waals surface area (Å²) in [7, 11) is 4.26. The van der Waals surface area contributed by atoms with Crippen LogP contribution >= 0.6 is 0 Å². The zero-order valence-corrected chi connectivity index (χ0v) is 13.8. The Bertz CT molecular complexity index is 584. The van der Waals surface area contributed by atoms with Crippen molar-refractivity contribution in [2.45, 2.75) is 25.7 Å². The molecule has 2 nitrogen and oxygen atoms in total. The third kappa shape index (κ3) is 3.12. The van der Waals surface area contributed by atoms with Gasteiger partial charge in [0.25, 0.3) is 0 Å². The normalized spacial score (nSPS) is 14.8. The van der Waals surface area contributed by atoms with Gasteiger partial charge in [-0.2, -0.15) is 0 Å². The van der Waals surface area contributed by atoms with Crippen molar-refractivity contribution in [3.05, 3.63) is 48.0 Å². The number of nitrogens with two attached hydrogens (primary N) is 1. The van der Waals surface area contributed by atoms with Gasteiger partial charge in [0.1, 0.15) is 0 Å². The standard InChI is InChI=1S/C19H28N2/c1-15(2)19(14-20,12-13-21(3)4)18-11-7-9-16-8-5-6-10-17(16)18/h5-11,15H,12-14,20H2,1-4H3/t19-/m0/s1. The van der Waals surface area contributed by atoms with Crippen molar-refractivity contribution in [1.29, 1.82) is 0 Å². The first-order valence-electron chi connectivity index (χ1n) is 7.84. The number of rotatable bonds is 6. The van der Waals surface area contributed by atoms with Crippen LogP contribution in [-0.4, -0.2) is 32.1 Å². The monoisotopic (exact) mass is 284 g/mol. The summed E-state index contributed by atoms with van der Waals surface area (Å²) in [6, 6.07) is 15.3. The zero-order valence-electron chi connectivity index (χ0n) is 13.8. The quantitative estimate of drug-likeness (QED) is 0.877. The minimum absolute atomic E-state index is 0.0329. The molecule has 2 aromatic rings. The van der Waals surface area contributed by atoms with Crippen molar-refractivity contribution < 1.29 is 0 Å². The lowest BCUT2D eigenvalue weighted by Crippen LogP contribution is -2.42. The van der Waals surface area contributed by atoms with Crippen LogP contribution < -0.4 is 5.73 Å². The van der Waals surface area contributed by atoms with Gasteiger partial charge in [-0.1, -0.05) is 56.3 Å². The smallest absolute Gasteiger partial charge is 0.0117 e. The minimum Gasteiger partial charge on any atom is -0.330 e. The van der Waals surface area contributed by atoms with Crippen LogP contribution in [0.1, 0.15) is 25.8 Å². The summed E-state index contributed by atoms with van der Waals surface area (Å²) in [4.78, 5) is 2.25. The molecule has 21 heavy (non-hydrogen) atoms. The highest BCUT2D eigenvalue weighted by atomic mass is 15.0. The van der Waals surface area contributed by atoms with E-state index in [9.17, 15) is 0 Å². The van der Waals surface area contributed by atoms with Gasteiger partial charge in [-0.05, 0) is 49.3 Å². The van der Waals surface area contributed by atoms with Crippen molar-refractivity contribution in [2.75, 3.05) is 27.2 Å². The predicted octanol–water partition coefficient (Wildman–Crippen LogP) is 3.64. The van der Waals surface area contributed by atoms with Crippen LogP contribution in [0, 0.1) is 5.92 Å². The lowest BCUT2D eigenvalue weighted by Gasteiger charge is -2.39. The molecular formula is C19H28N2. The Balaban J connectivity index is 2.58. The van der Waals surface area contributed by atoms with Gasteiger partial charge in [-0.25, -0.2) is 0 Å². The molecule has 0 aromatic heterocycles. The Kier molecular flexibility index (Phi) is 5.02. The second kappa shape index (κ2) is 6.59. The van der Waals surface area contributed by atoms with Gasteiger partial charge in [0.2, 0.25) is 0 Å². The van der Waals surface area contributed by atoms with Crippen LogP contribution in [0.4, 0.5) is 0 Å². The van der Waals surface area contributed by atoms with E-state index in [2.05, 4.69) is 75.3 Å². The van der Waals surface area contributed by atoms with Crippen LogP contribution in [-0.2, 0) is 5.41 Å². The van der Waals surface area contributed by atoms with Gasteiger partial charge < -0.3 is 10.6 Å². The van der Waals surface area contributed by atoms with E-state index in [1.165, 1.54) is 16.3 Å². The van der Waals surface area contributed by atoms with Crippen LogP contribution in [0.5, 0.6) is 0 Å². The number of benzene rings is 2. The van der Waals surface area contributed by atoms with Crippen LogP contribution in [0.15, 0.2) is 42.5 Å². The molecule has 2 heteroatoms. The van der Waals surface area contributed by atoms with Crippen LogP contribution in [0.2, 0.25) is 0 Å². The molecule has 0 fully saturated rings. The van der Waals surface area contributed by atoms with Gasteiger partial charge in [0.05, 0.1) is 0 Å². The average molecular weight is 284 g/mol. The molecule has 0 aliphatic carbocycles. The van der Waals surface area contributed by atoms with Crippen molar-refractivity contribution in [2.24, 2.45) is 11.7 Å². The maximum absolute atomic E-state index is 6.30. The Morgan fingerprint density at radius 2 is 1.71 bits per heavy atom. The molecule has 0 spiro atoms. The third-order valence-corrected chi connectivity index (χ3v) is 4.80. The molecule has 0 bridgehead atoms. The van der Waals surface area contributed by atoms with Crippen molar-refractivity contribution in [3.8, 4) is 0 Å². The molecule has 0 radical (unpaired) electrons. The number of hydrogen-bond acceptors (Lipinski definition) is 2. The average Bonchev–Trinajstić information content (AvgIpc) is 2.48. The summed E-state index contributed by atoms with van der Waals surface area (Å²) >= 11 is 0. The van der Waals surface area contributed by atoms with E-state index in [0.717, 1.165) is 13.0 Å². The molecule has 1 atom stereocenters. The zero-order chi connectivity index (χ0) is 15.5. The summed E-state index contributed by atoms with van der Waals surface area (Å²) in [6.45, 7) is 6.33. The first kappa shape index (κ1) is 16.0. The third-order valence-electron chi connectivity index (χ3n) is 4.80. The molecule has 2 rings (SSSR count). The molecule has 2 aromatic carbocycles. The molecule has 0 aliphatic rings. The Hall–Kier alpha value is -1.38. The van der Waals surface area contributed by atoms with E-state index in [1.54, 1.807) is 0 Å². The van der Waals surface area contributed by atoms with Gasteiger partial charge in [-0.15, -0.1) is 0 Å². The summed E-state index contributed by atoms with van der Waals surface area (Å²) in [5.41, 5.74) is 7.74. The molecule has 0 saturated carbocycles. The topological polar surface area (TPSA) is 29.3 Å². The Labute approximate surface area is 128 Å². The van der Waals surface area contributed by atoms with Gasteiger partial charge >= 0.3 is 0 Å². The van der Waals surface area contributed by atoms with E-state index in [1.807, 2.05) is 0 Å². The maximum atomic E-state index is 6.30. The Morgan fingerprint density at radius 1 is 1.05 bits per heavy atom. The predicted molar refractivity (Wildman–Crippen MR) is 92.7 cm³/mol. The van der Waals surface area contributed by atoms with Gasteiger partial charge in [-0.3, -0.25) is 0 Å². The summed E-state index contributed by atoms with van der Waals surface area (Å²) in [5, 5.41) is 2.65. The highest BCUT2D eigenvalue weighted by molar-refractivity contribution is 5.86. The second-order valence-electron chi connectivity index (χ2n) is 6.59. The number of nitrogens with zero attached hydrogens (tertiary/aromatic N) is 1. The van der Waals surface area contributed by atoms with E-state index in [4.69, 9.17) is 5.73 Å². The number of hydrogen-bond donors (Lipinski definition) is 1. The van der Waals surface area contributed by atoms with E-state index >= 15 is 0 Å². The van der Waals surface area contributed by atoms with Gasteiger partial charge in [0, 0.05) is 12.0 Å². The van der Waals surface area contributed by atoms with E-state index in [0.29, 0.717) is 12.5 Å². The highest BCUT2D eigenvalue weighted by Crippen LogP contribution is 2.39. The molecule has 0 amide bonds. The fourth-order valence-electron chi connectivity index (χ4n) is 3.26. The van der Waals surface area contributed by atoms with Gasteiger partial charge in [0.15, 0.2) is 0 Å². The molecule has 0 saturated heterocycles. The lowest BCUT2D eigenvalue weighted by atomic mass is 9.68. The van der Waals surface area contributed by atoms with Crippen molar-refractivity contribution in [3.63, 3.8) is 0 Å². The number of fused-ring (bicyclic) bond motifs is 1. The fraction of sp³-hybridized carbons (Fsp3) is 0.474. The highest BCUT2D eigenvalue weighted by Gasteiger charge is 2.35. The largest absolute Gasteiger partial charge is 0.330 e. The van der Waals surface area contributed by atoms with E-state index in [-0.39, 0.29) is 5.41 Å². The first-order valence-corrected chi connectivity index (χ1v) is 7.84. The van der Waals surface area contributed by atoms with Crippen LogP contribution in [0.3, 0.4) is 0 Å². The SMILES string of the molecule is CC(C)[C@@](CN)(CCN(C)C)c1cccc2ccccc12. The molecule has 0 heterocycles. The Morgan fingerprint density at radius 3 is 2.33 bits per heavy atom. The molecular weight excluding hydrogens is 256 g/mol.